The number of aliphatic hydroxyl groups excluding tert-OH is 1. The molecule has 0 radical (unpaired) electrons. The fourth-order valence-electron chi connectivity index (χ4n) is 1.79. The molecule has 0 bridgehead atoms. The van der Waals surface area contributed by atoms with Crippen LogP contribution in [-0.2, 0) is 6.54 Å². The third-order valence-electron chi connectivity index (χ3n) is 3.04. The second kappa shape index (κ2) is 8.17. The smallest absolute Gasteiger partial charge is 0.287 e. The van der Waals surface area contributed by atoms with Crippen LogP contribution >= 0.6 is 11.6 Å². The number of hydrogen-bond donors (Lipinski definition) is 2. The molecular formula is C13H22ClN3O2. The molecular weight excluding hydrogens is 266 g/mol. The van der Waals surface area contributed by atoms with Crippen LogP contribution in [0.15, 0.2) is 11.0 Å². The van der Waals surface area contributed by atoms with Gasteiger partial charge < -0.3 is 10.4 Å². The minimum atomic E-state index is -0.265. The maximum absolute atomic E-state index is 12.0. The minimum Gasteiger partial charge on any atom is -0.396 e. The molecule has 5 nitrogen and oxygen atoms in total. The summed E-state index contributed by atoms with van der Waals surface area (Å²) in [5, 5.41) is 16.4. The second-order valence-electron chi connectivity index (χ2n) is 4.52. The first kappa shape index (κ1) is 16.0. The van der Waals surface area contributed by atoms with Gasteiger partial charge in [0.2, 0.25) is 0 Å². The zero-order valence-corrected chi connectivity index (χ0v) is 12.3. The van der Waals surface area contributed by atoms with E-state index in [1.807, 2.05) is 6.92 Å². The maximum Gasteiger partial charge on any atom is 0.287 e. The van der Waals surface area contributed by atoms with E-state index < -0.39 is 0 Å². The van der Waals surface area contributed by atoms with Crippen molar-refractivity contribution in [2.24, 2.45) is 0 Å². The quantitative estimate of drug-likeness (QED) is 0.770. The molecule has 1 aromatic rings. The SMILES string of the molecule is CCCCn1ncc(NC(CC)CCO)c(Cl)c1=O. The van der Waals surface area contributed by atoms with Crippen LogP contribution in [0.25, 0.3) is 0 Å². The molecule has 1 aromatic heterocycles. The average Bonchev–Trinajstić information content (AvgIpc) is 2.42. The van der Waals surface area contributed by atoms with Crippen molar-refractivity contribution < 1.29 is 5.11 Å². The van der Waals surface area contributed by atoms with Gasteiger partial charge in [-0.1, -0.05) is 31.9 Å². The van der Waals surface area contributed by atoms with Gasteiger partial charge in [0.15, 0.2) is 0 Å². The minimum absolute atomic E-state index is 0.0928. The lowest BCUT2D eigenvalue weighted by molar-refractivity contribution is 0.278. The van der Waals surface area contributed by atoms with Gasteiger partial charge in [-0.25, -0.2) is 4.68 Å². The number of aliphatic hydroxyl groups is 1. The number of halogens is 1. The zero-order valence-electron chi connectivity index (χ0n) is 11.5. The van der Waals surface area contributed by atoms with Crippen molar-refractivity contribution in [3.05, 3.63) is 21.6 Å². The van der Waals surface area contributed by atoms with Crippen molar-refractivity contribution in [2.45, 2.75) is 52.1 Å². The number of nitrogens with zero attached hydrogens (tertiary/aromatic N) is 2. The Morgan fingerprint density at radius 3 is 2.84 bits per heavy atom. The summed E-state index contributed by atoms with van der Waals surface area (Å²) >= 11 is 6.08. The summed E-state index contributed by atoms with van der Waals surface area (Å²) in [6.07, 6.45) is 4.94. The highest BCUT2D eigenvalue weighted by Crippen LogP contribution is 2.18. The molecule has 0 aliphatic carbocycles. The molecule has 6 heteroatoms. The van der Waals surface area contributed by atoms with Crippen LogP contribution in [0.5, 0.6) is 0 Å². The molecule has 0 aromatic carbocycles. The van der Waals surface area contributed by atoms with E-state index in [0.717, 1.165) is 19.3 Å². The van der Waals surface area contributed by atoms with E-state index in [4.69, 9.17) is 16.7 Å². The van der Waals surface area contributed by atoms with E-state index in [2.05, 4.69) is 17.3 Å². The van der Waals surface area contributed by atoms with Gasteiger partial charge in [0.05, 0.1) is 11.9 Å². The van der Waals surface area contributed by atoms with Gasteiger partial charge in [0, 0.05) is 19.2 Å². The van der Waals surface area contributed by atoms with Crippen LogP contribution in [-0.4, -0.2) is 27.5 Å². The topological polar surface area (TPSA) is 67.2 Å². The molecule has 0 fully saturated rings. The molecule has 2 N–H and O–H groups in total. The van der Waals surface area contributed by atoms with Crippen molar-refractivity contribution in [3.63, 3.8) is 0 Å². The summed E-state index contributed by atoms with van der Waals surface area (Å²) < 4.78 is 1.39. The van der Waals surface area contributed by atoms with Crippen LogP contribution in [0.1, 0.15) is 39.5 Å². The molecule has 1 atom stereocenters. The molecule has 1 heterocycles. The first-order chi connectivity index (χ1) is 9.13. The highest BCUT2D eigenvalue weighted by atomic mass is 35.5. The van der Waals surface area contributed by atoms with Crippen molar-refractivity contribution in [1.82, 2.24) is 9.78 Å². The predicted octanol–water partition coefficient (Wildman–Crippen LogP) is 2.27. The molecule has 0 spiro atoms. The lowest BCUT2D eigenvalue weighted by Crippen LogP contribution is -2.27. The standard InChI is InChI=1S/C13H22ClN3O2/c1-3-5-7-17-13(19)12(14)11(9-15-17)16-10(4-2)6-8-18/h9-10,16,18H,3-8H2,1-2H3. The Balaban J connectivity index is 2.86. The maximum atomic E-state index is 12.0. The zero-order chi connectivity index (χ0) is 14.3. The van der Waals surface area contributed by atoms with Crippen molar-refractivity contribution in [3.8, 4) is 0 Å². The Morgan fingerprint density at radius 1 is 1.53 bits per heavy atom. The molecule has 0 aliphatic heterocycles. The highest BCUT2D eigenvalue weighted by Gasteiger charge is 2.12. The lowest BCUT2D eigenvalue weighted by atomic mass is 10.1. The highest BCUT2D eigenvalue weighted by molar-refractivity contribution is 6.32. The fraction of sp³-hybridized carbons (Fsp3) is 0.692. The summed E-state index contributed by atoms with van der Waals surface area (Å²) in [5.41, 5.74) is 0.277. The van der Waals surface area contributed by atoms with Crippen LogP contribution in [0, 0.1) is 0 Å². The Morgan fingerprint density at radius 2 is 2.26 bits per heavy atom. The number of nitrogens with one attached hydrogen (secondary N) is 1. The van der Waals surface area contributed by atoms with Crippen LogP contribution in [0.4, 0.5) is 5.69 Å². The molecule has 0 aliphatic rings. The first-order valence-corrected chi connectivity index (χ1v) is 7.14. The van der Waals surface area contributed by atoms with E-state index in [-0.39, 0.29) is 23.2 Å². The molecule has 19 heavy (non-hydrogen) atoms. The monoisotopic (exact) mass is 287 g/mol. The van der Waals surface area contributed by atoms with Crippen molar-refractivity contribution >= 4 is 17.3 Å². The lowest BCUT2D eigenvalue weighted by Gasteiger charge is -2.18. The van der Waals surface area contributed by atoms with Gasteiger partial charge in [-0.3, -0.25) is 4.79 Å². The first-order valence-electron chi connectivity index (χ1n) is 6.77. The van der Waals surface area contributed by atoms with E-state index in [0.29, 0.717) is 18.7 Å². The van der Waals surface area contributed by atoms with E-state index in [1.165, 1.54) is 4.68 Å². The number of anilines is 1. The summed E-state index contributed by atoms with van der Waals surface area (Å²) in [7, 11) is 0. The van der Waals surface area contributed by atoms with E-state index in [9.17, 15) is 4.79 Å². The van der Waals surface area contributed by atoms with E-state index >= 15 is 0 Å². The largest absolute Gasteiger partial charge is 0.396 e. The second-order valence-corrected chi connectivity index (χ2v) is 4.89. The average molecular weight is 288 g/mol. The Bertz CT molecular complexity index is 448. The number of aryl methyl sites for hydroxylation is 1. The molecule has 1 unspecified atom stereocenters. The van der Waals surface area contributed by atoms with Crippen LogP contribution in [0.3, 0.4) is 0 Å². The number of hydrogen-bond acceptors (Lipinski definition) is 4. The predicted molar refractivity (Wildman–Crippen MR) is 77.8 cm³/mol. The molecule has 0 saturated carbocycles. The summed E-state index contributed by atoms with van der Waals surface area (Å²) in [5.74, 6) is 0. The van der Waals surface area contributed by atoms with Crippen LogP contribution < -0.4 is 10.9 Å². The Labute approximate surface area is 118 Å². The van der Waals surface area contributed by atoms with Crippen LogP contribution in [0.2, 0.25) is 5.02 Å². The summed E-state index contributed by atoms with van der Waals surface area (Å²) in [6.45, 7) is 4.76. The third-order valence-corrected chi connectivity index (χ3v) is 3.40. The Kier molecular flexibility index (Phi) is 6.87. The number of unbranched alkanes of at least 4 members (excludes halogenated alkanes) is 1. The van der Waals surface area contributed by atoms with Crippen molar-refractivity contribution in [1.29, 1.82) is 0 Å². The third kappa shape index (κ3) is 4.51. The molecule has 1 rings (SSSR count). The van der Waals surface area contributed by atoms with E-state index in [1.54, 1.807) is 6.20 Å². The van der Waals surface area contributed by atoms with Gasteiger partial charge in [0.1, 0.15) is 5.02 Å². The van der Waals surface area contributed by atoms with Gasteiger partial charge in [0.25, 0.3) is 5.56 Å². The summed E-state index contributed by atoms with van der Waals surface area (Å²) in [6, 6.07) is 0.0928. The molecule has 0 amide bonds. The fourth-order valence-corrected chi connectivity index (χ4v) is 1.99. The normalized spacial score (nSPS) is 12.4. The van der Waals surface area contributed by atoms with Crippen molar-refractivity contribution in [2.75, 3.05) is 11.9 Å². The van der Waals surface area contributed by atoms with Gasteiger partial charge in [-0.15, -0.1) is 0 Å². The van der Waals surface area contributed by atoms with Gasteiger partial charge in [-0.05, 0) is 19.3 Å². The molecule has 0 saturated heterocycles. The Hall–Kier alpha value is -1.07. The van der Waals surface area contributed by atoms with Gasteiger partial charge in [-0.2, -0.15) is 5.10 Å². The number of aromatic nitrogens is 2. The molecule has 108 valence electrons. The summed E-state index contributed by atoms with van der Waals surface area (Å²) in [4.78, 5) is 12.0. The van der Waals surface area contributed by atoms with Gasteiger partial charge >= 0.3 is 0 Å². The number of rotatable bonds is 8.